The Morgan fingerprint density at radius 3 is 1.07 bits per heavy atom. The smallest absolute Gasteiger partial charge is 0.164 e. The summed E-state index contributed by atoms with van der Waals surface area (Å²) in [4.78, 5) is 30.9. The molecular weight excluding hydrogens is 843 g/mol. The first-order chi connectivity index (χ1) is 34.2. The molecule has 7 nitrogen and oxygen atoms in total. The van der Waals surface area contributed by atoms with Crippen molar-refractivity contribution < 1.29 is 0 Å². The molecule has 322 valence electrons. The Bertz CT molecular complexity index is 3910. The van der Waals surface area contributed by atoms with Gasteiger partial charge in [-0.1, -0.05) is 188 Å². The Morgan fingerprint density at radius 2 is 0.594 bits per heavy atom. The third-order valence-electron chi connectivity index (χ3n) is 13.9. The van der Waals surface area contributed by atoms with Crippen LogP contribution in [0.3, 0.4) is 0 Å². The van der Waals surface area contributed by atoms with Gasteiger partial charge in [-0.15, -0.1) is 0 Å². The number of fused-ring (bicyclic) bond motifs is 3. The van der Waals surface area contributed by atoms with Crippen molar-refractivity contribution in [2.45, 2.75) is 11.8 Å². The lowest BCUT2D eigenvalue weighted by Gasteiger charge is -2.42. The van der Waals surface area contributed by atoms with Crippen LogP contribution >= 0.6 is 0 Å². The zero-order valence-electron chi connectivity index (χ0n) is 37.1. The number of hydrogen-bond donors (Lipinski definition) is 0. The minimum Gasteiger partial charge on any atom is -0.309 e. The maximum absolute atomic E-state index is 5.31. The van der Waals surface area contributed by atoms with E-state index in [0.29, 0.717) is 34.9 Å². The Morgan fingerprint density at radius 1 is 0.246 bits per heavy atom. The van der Waals surface area contributed by atoms with Crippen LogP contribution in [0.25, 0.3) is 95.8 Å². The monoisotopic (exact) mass is 881 g/mol. The van der Waals surface area contributed by atoms with E-state index in [2.05, 4.69) is 150 Å². The third kappa shape index (κ3) is 6.43. The van der Waals surface area contributed by atoms with Gasteiger partial charge >= 0.3 is 0 Å². The summed E-state index contributed by atoms with van der Waals surface area (Å²) in [6.07, 6.45) is 0. The minimum absolute atomic E-state index is 0.0144. The van der Waals surface area contributed by atoms with Crippen molar-refractivity contribution in [1.82, 2.24) is 34.5 Å². The maximum Gasteiger partial charge on any atom is 0.164 e. The topological polar surface area (TPSA) is 82.3 Å². The van der Waals surface area contributed by atoms with E-state index >= 15 is 0 Å². The zero-order chi connectivity index (χ0) is 45.4. The molecule has 0 saturated heterocycles. The van der Waals surface area contributed by atoms with Crippen LogP contribution in [0.5, 0.6) is 0 Å². The number of aromatic nitrogens is 7. The molecule has 0 amide bonds. The fraction of sp³-hybridized carbons (Fsp3) is 0.0323. The summed E-state index contributed by atoms with van der Waals surface area (Å²) in [5, 5.41) is 2.38. The van der Waals surface area contributed by atoms with Gasteiger partial charge in [-0.2, -0.15) is 0 Å². The Labute approximate surface area is 398 Å². The molecule has 12 aromatic rings. The normalized spacial score (nSPS) is 14.4. The SMILES string of the molecule is c1ccc(-c2nc(-c3ccccc3)nc(-c3ccc4c(c3)C3c5ccccc5C4c4cc(-c5nc(-c6ccccc6)nc(-c6ccc7c8ccccc8n(-c8ccccc8)c7c6)n5)ccc43)n2)cc1. The molecule has 9 aromatic carbocycles. The number of nitrogens with zero attached hydrogens (tertiary/aromatic N) is 7. The van der Waals surface area contributed by atoms with Crippen LogP contribution in [0.15, 0.2) is 224 Å². The molecule has 3 aliphatic carbocycles. The summed E-state index contributed by atoms with van der Waals surface area (Å²) in [6, 6.07) is 78.8. The van der Waals surface area contributed by atoms with E-state index in [-0.39, 0.29) is 11.8 Å². The van der Waals surface area contributed by atoms with E-state index < -0.39 is 0 Å². The maximum atomic E-state index is 5.31. The Balaban J connectivity index is 0.903. The molecule has 7 heteroatoms. The van der Waals surface area contributed by atoms with Gasteiger partial charge in [0, 0.05) is 61.7 Å². The Hall–Kier alpha value is -9.20. The van der Waals surface area contributed by atoms with Crippen molar-refractivity contribution in [2.75, 3.05) is 0 Å². The van der Waals surface area contributed by atoms with Crippen LogP contribution in [0.2, 0.25) is 0 Å². The molecule has 0 N–H and O–H groups in total. The first-order valence-electron chi connectivity index (χ1n) is 23.3. The molecule has 3 aliphatic rings. The summed E-state index contributed by atoms with van der Waals surface area (Å²) in [5.74, 6) is 3.87. The summed E-state index contributed by atoms with van der Waals surface area (Å²) >= 11 is 0. The van der Waals surface area contributed by atoms with E-state index in [0.717, 1.165) is 50.1 Å². The van der Waals surface area contributed by atoms with E-state index in [1.165, 1.54) is 44.2 Å². The molecule has 2 atom stereocenters. The number of rotatable bonds is 7. The average Bonchev–Trinajstić information content (AvgIpc) is 3.77. The van der Waals surface area contributed by atoms with Gasteiger partial charge in [0.15, 0.2) is 34.9 Å². The van der Waals surface area contributed by atoms with E-state index in [1.807, 2.05) is 78.9 Å². The predicted octanol–water partition coefficient (Wildman–Crippen LogP) is 14.1. The predicted molar refractivity (Wildman–Crippen MR) is 275 cm³/mol. The quantitative estimate of drug-likeness (QED) is 0.159. The van der Waals surface area contributed by atoms with Gasteiger partial charge in [0.2, 0.25) is 0 Å². The van der Waals surface area contributed by atoms with Crippen molar-refractivity contribution in [1.29, 1.82) is 0 Å². The van der Waals surface area contributed by atoms with Crippen molar-refractivity contribution in [3.05, 3.63) is 258 Å². The van der Waals surface area contributed by atoms with E-state index in [1.54, 1.807) is 0 Å². The fourth-order valence-electron chi connectivity index (χ4n) is 10.7. The second-order valence-corrected chi connectivity index (χ2v) is 17.8. The molecule has 15 rings (SSSR count). The highest BCUT2D eigenvalue weighted by Crippen LogP contribution is 2.56. The van der Waals surface area contributed by atoms with Crippen LogP contribution in [0.4, 0.5) is 0 Å². The highest BCUT2D eigenvalue weighted by Gasteiger charge is 2.41. The highest BCUT2D eigenvalue weighted by atomic mass is 15.0. The molecular formula is C62H39N7. The molecule has 0 aliphatic heterocycles. The van der Waals surface area contributed by atoms with Gasteiger partial charge in [0.1, 0.15) is 0 Å². The van der Waals surface area contributed by atoms with Gasteiger partial charge in [-0.25, -0.2) is 29.9 Å². The lowest BCUT2D eigenvalue weighted by atomic mass is 9.61. The van der Waals surface area contributed by atoms with Gasteiger partial charge in [-0.3, -0.25) is 0 Å². The van der Waals surface area contributed by atoms with Crippen molar-refractivity contribution in [3.8, 4) is 74.0 Å². The Kier molecular flexibility index (Phi) is 8.89. The first kappa shape index (κ1) is 39.0. The fourth-order valence-corrected chi connectivity index (χ4v) is 10.7. The molecule has 69 heavy (non-hydrogen) atoms. The lowest BCUT2D eigenvalue weighted by molar-refractivity contribution is 0.754. The van der Waals surface area contributed by atoms with Gasteiger partial charge in [0.05, 0.1) is 11.0 Å². The van der Waals surface area contributed by atoms with Crippen LogP contribution in [-0.2, 0) is 0 Å². The molecule has 2 unspecified atom stereocenters. The number of hydrogen-bond acceptors (Lipinski definition) is 6. The van der Waals surface area contributed by atoms with E-state index in [9.17, 15) is 0 Å². The summed E-state index contributed by atoms with van der Waals surface area (Å²) in [7, 11) is 0. The first-order valence-corrected chi connectivity index (χ1v) is 23.3. The second kappa shape index (κ2) is 15.7. The van der Waals surface area contributed by atoms with Crippen LogP contribution in [0.1, 0.15) is 45.2 Å². The molecule has 3 aromatic heterocycles. The van der Waals surface area contributed by atoms with Crippen molar-refractivity contribution in [3.63, 3.8) is 0 Å². The second-order valence-electron chi connectivity index (χ2n) is 17.8. The van der Waals surface area contributed by atoms with E-state index in [4.69, 9.17) is 29.9 Å². The highest BCUT2D eigenvalue weighted by molar-refractivity contribution is 6.10. The molecule has 0 fully saturated rings. The molecule has 2 bridgehead atoms. The summed E-state index contributed by atoms with van der Waals surface area (Å²) in [6.45, 7) is 0. The molecule has 0 saturated carbocycles. The lowest BCUT2D eigenvalue weighted by Crippen LogP contribution is -2.27. The standard InChI is InChI=1S/C62H39N7/c1-5-17-38(18-6-1)57-63-58(39-19-7-2-8-20-39)65-60(64-57)41-30-33-49-51(35-41)55-47-26-13-14-27-48(47)56(49)52-36-42(31-34-50(52)55)61-66-59(40-21-9-3-10-22-40)67-62(68-61)43-29-32-46-45-25-15-16-28-53(45)69(54(46)37-43)44-23-11-4-12-24-44/h1-37,55-56H. The number of benzene rings is 9. The third-order valence-corrected chi connectivity index (χ3v) is 13.9. The van der Waals surface area contributed by atoms with Gasteiger partial charge in [-0.05, 0) is 69.8 Å². The molecule has 0 radical (unpaired) electrons. The summed E-state index contributed by atoms with van der Waals surface area (Å²) < 4.78 is 2.33. The van der Waals surface area contributed by atoms with Gasteiger partial charge in [0.25, 0.3) is 0 Å². The van der Waals surface area contributed by atoms with Crippen molar-refractivity contribution in [2.24, 2.45) is 0 Å². The molecule has 0 spiro atoms. The summed E-state index contributed by atoms with van der Waals surface area (Å²) in [5.41, 5.74) is 16.8. The molecule has 3 heterocycles. The number of para-hydroxylation sites is 2. The van der Waals surface area contributed by atoms with Crippen LogP contribution in [0, 0.1) is 0 Å². The zero-order valence-corrected chi connectivity index (χ0v) is 37.1. The minimum atomic E-state index is 0.0144. The largest absolute Gasteiger partial charge is 0.309 e. The van der Waals surface area contributed by atoms with Crippen LogP contribution in [-0.4, -0.2) is 34.5 Å². The van der Waals surface area contributed by atoms with Crippen LogP contribution < -0.4 is 0 Å². The van der Waals surface area contributed by atoms with Gasteiger partial charge < -0.3 is 4.57 Å². The average molecular weight is 882 g/mol. The van der Waals surface area contributed by atoms with Crippen molar-refractivity contribution >= 4 is 21.8 Å².